The lowest BCUT2D eigenvalue weighted by molar-refractivity contribution is -0.143. The smallest absolute Gasteiger partial charge is 0.233 e. The number of anilines is 1. The maximum atomic E-state index is 13.4. The fourth-order valence-corrected chi connectivity index (χ4v) is 4.56. The second kappa shape index (κ2) is 8.46. The van der Waals surface area contributed by atoms with Crippen molar-refractivity contribution >= 4 is 17.5 Å². The van der Waals surface area contributed by atoms with Gasteiger partial charge in [0.15, 0.2) is 0 Å². The molecule has 1 N–H and O–H groups in total. The van der Waals surface area contributed by atoms with Crippen LogP contribution in [0.25, 0.3) is 0 Å². The Morgan fingerprint density at radius 1 is 1.07 bits per heavy atom. The summed E-state index contributed by atoms with van der Waals surface area (Å²) in [5.74, 6) is 0.279. The van der Waals surface area contributed by atoms with Crippen molar-refractivity contribution in [1.82, 2.24) is 4.90 Å². The van der Waals surface area contributed by atoms with E-state index in [0.717, 1.165) is 24.8 Å². The molecule has 1 heterocycles. The van der Waals surface area contributed by atoms with Crippen molar-refractivity contribution in [3.63, 3.8) is 0 Å². The average molecular weight is 410 g/mol. The van der Waals surface area contributed by atoms with E-state index >= 15 is 0 Å². The number of nitrogens with zero attached hydrogens (tertiary/aromatic N) is 1. The molecule has 2 amide bonds. The van der Waals surface area contributed by atoms with Crippen molar-refractivity contribution in [1.29, 1.82) is 0 Å². The maximum absolute atomic E-state index is 13.4. The van der Waals surface area contributed by atoms with Crippen LogP contribution in [-0.2, 0) is 15.0 Å². The third-order valence-electron chi connectivity index (χ3n) is 6.53. The number of amides is 2. The first-order valence-electron chi connectivity index (χ1n) is 10.5. The van der Waals surface area contributed by atoms with E-state index in [2.05, 4.69) is 5.32 Å². The molecule has 0 radical (unpaired) electrons. The molecule has 30 heavy (non-hydrogen) atoms. The molecule has 1 aliphatic carbocycles. The van der Waals surface area contributed by atoms with Gasteiger partial charge in [-0.15, -0.1) is 0 Å². The predicted octanol–water partition coefficient (Wildman–Crippen LogP) is 4.13. The summed E-state index contributed by atoms with van der Waals surface area (Å²) < 4.78 is 18.6. The molecule has 4 rings (SSSR count). The number of nitrogens with one attached hydrogen (secondary N) is 1. The normalized spacial score (nSPS) is 18.4. The van der Waals surface area contributed by atoms with Crippen LogP contribution >= 0.6 is 0 Å². The molecular weight excluding hydrogens is 383 g/mol. The van der Waals surface area contributed by atoms with Crippen LogP contribution in [0.15, 0.2) is 48.5 Å². The van der Waals surface area contributed by atoms with Gasteiger partial charge in [0.2, 0.25) is 11.8 Å². The van der Waals surface area contributed by atoms with Crippen LogP contribution in [0.3, 0.4) is 0 Å². The molecule has 6 heteroatoms. The van der Waals surface area contributed by atoms with Crippen LogP contribution in [0.1, 0.15) is 37.7 Å². The summed E-state index contributed by atoms with van der Waals surface area (Å²) in [6.45, 7) is 1.12. The number of piperidine rings is 1. The molecule has 0 spiro atoms. The Bertz CT molecular complexity index is 916. The third-order valence-corrected chi connectivity index (χ3v) is 6.53. The van der Waals surface area contributed by atoms with Gasteiger partial charge in [-0.25, -0.2) is 4.39 Å². The highest BCUT2D eigenvalue weighted by molar-refractivity contribution is 5.94. The number of methoxy groups -OCH3 is 1. The fourth-order valence-electron chi connectivity index (χ4n) is 4.56. The van der Waals surface area contributed by atoms with Crippen molar-refractivity contribution in [3.05, 3.63) is 59.9 Å². The second-order valence-corrected chi connectivity index (χ2v) is 8.20. The lowest BCUT2D eigenvalue weighted by Gasteiger charge is -2.45. The number of carbonyl (C=O) groups is 2. The summed E-state index contributed by atoms with van der Waals surface area (Å²) in [5, 5.41) is 2.96. The number of hydrogen-bond acceptors (Lipinski definition) is 3. The quantitative estimate of drug-likeness (QED) is 0.806. The SMILES string of the molecule is COc1ccccc1NC(=O)C1CCN(C(=O)C2(c3ccc(F)cc3)CCC2)CC1. The van der Waals surface area contributed by atoms with Crippen LogP contribution in [0.5, 0.6) is 5.75 Å². The molecule has 5 nitrogen and oxygen atoms in total. The minimum atomic E-state index is -0.528. The number of rotatable bonds is 5. The Labute approximate surface area is 176 Å². The van der Waals surface area contributed by atoms with Crippen molar-refractivity contribution < 1.29 is 18.7 Å². The van der Waals surface area contributed by atoms with Crippen LogP contribution in [-0.4, -0.2) is 36.9 Å². The summed E-state index contributed by atoms with van der Waals surface area (Å²) in [6.07, 6.45) is 3.86. The highest BCUT2D eigenvalue weighted by atomic mass is 19.1. The number of benzene rings is 2. The van der Waals surface area contributed by atoms with E-state index in [4.69, 9.17) is 4.74 Å². The summed E-state index contributed by atoms with van der Waals surface area (Å²) >= 11 is 0. The van der Waals surface area contributed by atoms with Gasteiger partial charge in [-0.3, -0.25) is 9.59 Å². The molecule has 1 saturated carbocycles. The van der Waals surface area contributed by atoms with E-state index in [-0.39, 0.29) is 23.5 Å². The summed E-state index contributed by atoms with van der Waals surface area (Å²) in [6, 6.07) is 13.7. The van der Waals surface area contributed by atoms with E-state index in [9.17, 15) is 14.0 Å². The summed E-state index contributed by atoms with van der Waals surface area (Å²) in [4.78, 5) is 28.0. The van der Waals surface area contributed by atoms with Crippen LogP contribution in [0, 0.1) is 11.7 Å². The Kier molecular flexibility index (Phi) is 5.75. The van der Waals surface area contributed by atoms with Crippen LogP contribution in [0.4, 0.5) is 10.1 Å². The fraction of sp³-hybridized carbons (Fsp3) is 0.417. The van der Waals surface area contributed by atoms with E-state index in [1.807, 2.05) is 29.2 Å². The van der Waals surface area contributed by atoms with Crippen molar-refractivity contribution in [2.45, 2.75) is 37.5 Å². The zero-order valence-corrected chi connectivity index (χ0v) is 17.2. The van der Waals surface area contributed by atoms with Crippen molar-refractivity contribution in [3.8, 4) is 5.75 Å². The van der Waals surface area contributed by atoms with Gasteiger partial charge < -0.3 is 15.0 Å². The molecule has 2 aromatic rings. The Morgan fingerprint density at radius 2 is 1.73 bits per heavy atom. The Hall–Kier alpha value is -2.89. The Morgan fingerprint density at radius 3 is 2.33 bits per heavy atom. The first-order chi connectivity index (χ1) is 14.5. The molecule has 1 aliphatic heterocycles. The van der Waals surface area contributed by atoms with Gasteiger partial charge in [0.25, 0.3) is 0 Å². The first kappa shape index (κ1) is 20.4. The van der Waals surface area contributed by atoms with Gasteiger partial charge >= 0.3 is 0 Å². The lowest BCUT2D eigenvalue weighted by Crippen LogP contribution is -2.53. The van der Waals surface area contributed by atoms with Gasteiger partial charge in [-0.2, -0.15) is 0 Å². The third kappa shape index (κ3) is 3.78. The molecule has 0 unspecified atom stereocenters. The summed E-state index contributed by atoms with van der Waals surface area (Å²) in [7, 11) is 1.58. The molecule has 0 bridgehead atoms. The average Bonchev–Trinajstić information content (AvgIpc) is 2.74. The molecule has 2 fully saturated rings. The standard InChI is InChI=1S/C24H27FN2O3/c1-30-21-6-3-2-5-20(21)26-22(28)17-11-15-27(16-12-17)23(29)24(13-4-14-24)18-7-9-19(25)10-8-18/h2-3,5-10,17H,4,11-16H2,1H3,(H,26,28). The second-order valence-electron chi connectivity index (χ2n) is 8.20. The van der Waals surface area contributed by atoms with Gasteiger partial charge in [0.1, 0.15) is 11.6 Å². The topological polar surface area (TPSA) is 58.6 Å². The van der Waals surface area contributed by atoms with Gasteiger partial charge in [0.05, 0.1) is 18.2 Å². The van der Waals surface area contributed by atoms with E-state index in [1.54, 1.807) is 19.2 Å². The number of halogens is 1. The molecule has 2 aliphatic rings. The Balaban J connectivity index is 1.38. The van der Waals surface area contributed by atoms with E-state index < -0.39 is 5.41 Å². The van der Waals surface area contributed by atoms with Crippen LogP contribution < -0.4 is 10.1 Å². The minimum Gasteiger partial charge on any atom is -0.495 e. The highest BCUT2D eigenvalue weighted by Crippen LogP contribution is 2.45. The summed E-state index contributed by atoms with van der Waals surface area (Å²) in [5.41, 5.74) is 1.03. The molecule has 158 valence electrons. The van der Waals surface area contributed by atoms with E-state index in [1.165, 1.54) is 12.1 Å². The van der Waals surface area contributed by atoms with Gasteiger partial charge in [-0.05, 0) is 55.5 Å². The maximum Gasteiger partial charge on any atom is 0.233 e. The zero-order chi connectivity index (χ0) is 21.1. The monoisotopic (exact) mass is 410 g/mol. The van der Waals surface area contributed by atoms with Crippen molar-refractivity contribution in [2.75, 3.05) is 25.5 Å². The number of hydrogen-bond donors (Lipinski definition) is 1. The van der Waals surface area contributed by atoms with E-state index in [0.29, 0.717) is 37.4 Å². The van der Waals surface area contributed by atoms with Crippen LogP contribution in [0.2, 0.25) is 0 Å². The number of ether oxygens (including phenoxy) is 1. The minimum absolute atomic E-state index is 0.0384. The van der Waals surface area contributed by atoms with Crippen molar-refractivity contribution in [2.24, 2.45) is 5.92 Å². The number of carbonyl (C=O) groups excluding carboxylic acids is 2. The molecule has 1 saturated heterocycles. The molecule has 2 aromatic carbocycles. The largest absolute Gasteiger partial charge is 0.495 e. The highest BCUT2D eigenvalue weighted by Gasteiger charge is 2.48. The zero-order valence-electron chi connectivity index (χ0n) is 17.2. The number of likely N-dealkylation sites (tertiary alicyclic amines) is 1. The van der Waals surface area contributed by atoms with Gasteiger partial charge in [-0.1, -0.05) is 30.7 Å². The molecule has 0 aromatic heterocycles. The molecule has 0 atom stereocenters. The lowest BCUT2D eigenvalue weighted by atomic mass is 9.63. The predicted molar refractivity (Wildman–Crippen MR) is 113 cm³/mol. The molecular formula is C24H27FN2O3. The number of para-hydroxylation sites is 2. The van der Waals surface area contributed by atoms with Gasteiger partial charge in [0, 0.05) is 19.0 Å². The first-order valence-corrected chi connectivity index (χ1v) is 10.5.